The summed E-state index contributed by atoms with van der Waals surface area (Å²) in [6.45, 7) is 2.28. The number of ether oxygens (including phenoxy) is 3. The molecule has 7 nitrogen and oxygen atoms in total. The minimum Gasteiger partial charge on any atom is -0.497 e. The number of aromatic nitrogens is 1. The minimum atomic E-state index is -0.827. The fraction of sp³-hybridized carbons (Fsp3) is 0.176. The Morgan fingerprint density at radius 2 is 1.51 bits per heavy atom. The molecule has 9 heteroatoms. The number of hydrogen-bond donors (Lipinski definition) is 0. The lowest BCUT2D eigenvalue weighted by Gasteiger charge is -2.23. The van der Waals surface area contributed by atoms with Crippen molar-refractivity contribution in [2.24, 2.45) is 0 Å². The summed E-state index contributed by atoms with van der Waals surface area (Å²) < 4.78 is 46.9. The molecule has 0 spiro atoms. The van der Waals surface area contributed by atoms with Crippen LogP contribution in [0.4, 0.5) is 14.5 Å². The van der Waals surface area contributed by atoms with Crippen LogP contribution >= 0.6 is 0 Å². The molecule has 0 radical (unpaired) electrons. The van der Waals surface area contributed by atoms with Gasteiger partial charge in [0.15, 0.2) is 0 Å². The van der Waals surface area contributed by atoms with E-state index >= 15 is 0 Å². The van der Waals surface area contributed by atoms with Crippen molar-refractivity contribution in [1.82, 2.24) is 4.57 Å². The van der Waals surface area contributed by atoms with Gasteiger partial charge in [0, 0.05) is 54.1 Å². The summed E-state index contributed by atoms with van der Waals surface area (Å²) in [5.41, 5.74) is 1.31. The molecule has 0 unspecified atom stereocenters. The maximum Gasteiger partial charge on any atom is 0.263 e. The normalized spacial score (nSPS) is 10.9. The molecule has 1 heterocycles. The van der Waals surface area contributed by atoms with E-state index in [2.05, 4.69) is 0 Å². The first-order valence-electron chi connectivity index (χ1n) is 13.7. The third kappa shape index (κ3) is 6.35. The second-order valence-electron chi connectivity index (χ2n) is 9.85. The topological polar surface area (TPSA) is 70.0 Å². The molecule has 0 aliphatic carbocycles. The third-order valence-corrected chi connectivity index (χ3v) is 6.92. The van der Waals surface area contributed by atoms with E-state index in [0.717, 1.165) is 23.8 Å². The Hall–Kier alpha value is -5.18. The summed E-state index contributed by atoms with van der Waals surface area (Å²) in [6, 6.07) is 22.7. The second kappa shape index (κ2) is 12.8. The van der Waals surface area contributed by atoms with Crippen molar-refractivity contribution in [2.45, 2.75) is 20.0 Å². The molecule has 4 aromatic carbocycles. The van der Waals surface area contributed by atoms with Gasteiger partial charge in [0.25, 0.3) is 5.91 Å². The van der Waals surface area contributed by atoms with Gasteiger partial charge >= 0.3 is 0 Å². The van der Waals surface area contributed by atoms with E-state index in [1.807, 2.05) is 37.3 Å². The molecule has 0 aliphatic rings. The van der Waals surface area contributed by atoms with Crippen molar-refractivity contribution in [2.75, 3.05) is 25.7 Å². The molecule has 1 amide bonds. The number of methoxy groups -OCH3 is 2. The Bertz CT molecular complexity index is 1800. The van der Waals surface area contributed by atoms with Gasteiger partial charge in [-0.05, 0) is 36.2 Å². The van der Waals surface area contributed by atoms with E-state index in [9.17, 15) is 18.4 Å². The van der Waals surface area contributed by atoms with Crippen molar-refractivity contribution >= 4 is 22.5 Å². The lowest BCUT2D eigenvalue weighted by atomic mass is 10.1. The van der Waals surface area contributed by atoms with Gasteiger partial charge in [-0.3, -0.25) is 9.59 Å². The first-order valence-corrected chi connectivity index (χ1v) is 13.7. The SMILES string of the molecule is CCCN(C(=O)c1cn(-c2cc(OC)cc(OC)c2)c2cc(OCc3ccccc3)ccc2c1=O)c1cc(F)cc(F)c1. The van der Waals surface area contributed by atoms with Crippen LogP contribution in [0.25, 0.3) is 16.6 Å². The van der Waals surface area contributed by atoms with Crippen LogP contribution in [0.3, 0.4) is 0 Å². The van der Waals surface area contributed by atoms with Crippen molar-refractivity contribution in [3.8, 4) is 22.9 Å². The number of halogens is 2. The standard InChI is InChI=1S/C34H30F2N2O5/c1-4-12-37(25-14-23(35)13-24(36)15-25)34(40)31-20-38(26-16-28(41-2)18-29(17-26)42-3)32-19-27(10-11-30(32)33(31)39)43-21-22-8-6-5-7-9-22/h5-11,13-20H,4,12,21H2,1-3H3. The zero-order valence-corrected chi connectivity index (χ0v) is 24.0. The zero-order valence-electron chi connectivity index (χ0n) is 24.0. The summed E-state index contributed by atoms with van der Waals surface area (Å²) in [4.78, 5) is 29.0. The predicted molar refractivity (Wildman–Crippen MR) is 162 cm³/mol. The molecule has 0 saturated heterocycles. The highest BCUT2D eigenvalue weighted by molar-refractivity contribution is 6.07. The van der Waals surface area contributed by atoms with Crippen LogP contribution in [-0.4, -0.2) is 31.2 Å². The van der Waals surface area contributed by atoms with E-state index in [0.29, 0.717) is 41.5 Å². The molecular weight excluding hydrogens is 554 g/mol. The van der Waals surface area contributed by atoms with Crippen LogP contribution in [0.5, 0.6) is 17.2 Å². The fourth-order valence-corrected chi connectivity index (χ4v) is 4.85. The second-order valence-corrected chi connectivity index (χ2v) is 9.85. The highest BCUT2D eigenvalue weighted by Gasteiger charge is 2.24. The van der Waals surface area contributed by atoms with E-state index < -0.39 is 23.0 Å². The third-order valence-electron chi connectivity index (χ3n) is 6.92. The maximum atomic E-state index is 14.1. The number of amides is 1. The van der Waals surface area contributed by atoms with Crippen molar-refractivity contribution < 1.29 is 27.8 Å². The summed E-state index contributed by atoms with van der Waals surface area (Å²) in [6.07, 6.45) is 1.92. The Balaban J connectivity index is 1.69. The molecule has 1 aromatic heterocycles. The zero-order chi connectivity index (χ0) is 30.5. The first-order chi connectivity index (χ1) is 20.8. The number of pyridine rings is 1. The van der Waals surface area contributed by atoms with Crippen LogP contribution in [-0.2, 0) is 6.61 Å². The lowest BCUT2D eigenvalue weighted by molar-refractivity contribution is 0.0985. The van der Waals surface area contributed by atoms with E-state index in [1.165, 1.54) is 25.3 Å². The number of fused-ring (bicyclic) bond motifs is 1. The average Bonchev–Trinajstić information content (AvgIpc) is 3.02. The van der Waals surface area contributed by atoms with Gasteiger partial charge < -0.3 is 23.7 Å². The van der Waals surface area contributed by atoms with Crippen LogP contribution in [0.15, 0.2) is 95.9 Å². The van der Waals surface area contributed by atoms with Crippen LogP contribution in [0.2, 0.25) is 0 Å². The number of carbonyl (C=O) groups excluding carboxylic acids is 1. The predicted octanol–water partition coefficient (Wildman–Crippen LogP) is 6.92. The van der Waals surface area contributed by atoms with Crippen molar-refractivity contribution in [3.63, 3.8) is 0 Å². The van der Waals surface area contributed by atoms with Gasteiger partial charge in [-0.1, -0.05) is 37.3 Å². The maximum absolute atomic E-state index is 14.1. The van der Waals surface area contributed by atoms with Crippen molar-refractivity contribution in [3.05, 3.63) is 124 Å². The summed E-state index contributed by atoms with van der Waals surface area (Å²) in [7, 11) is 3.04. The largest absolute Gasteiger partial charge is 0.497 e. The number of carbonyl (C=O) groups is 1. The molecule has 0 atom stereocenters. The number of hydrogen-bond acceptors (Lipinski definition) is 5. The summed E-state index contributed by atoms with van der Waals surface area (Å²) in [5, 5.41) is 0.251. The van der Waals surface area contributed by atoms with Gasteiger partial charge in [-0.25, -0.2) is 8.78 Å². The van der Waals surface area contributed by atoms with Crippen LogP contribution in [0, 0.1) is 11.6 Å². The smallest absolute Gasteiger partial charge is 0.263 e. The molecular formula is C34H30F2N2O5. The Kier molecular flexibility index (Phi) is 8.71. The quantitative estimate of drug-likeness (QED) is 0.178. The van der Waals surface area contributed by atoms with Crippen LogP contribution < -0.4 is 24.5 Å². The summed E-state index contributed by atoms with van der Waals surface area (Å²) >= 11 is 0. The highest BCUT2D eigenvalue weighted by Crippen LogP contribution is 2.30. The number of rotatable bonds is 10. The molecule has 5 aromatic rings. The van der Waals surface area contributed by atoms with Gasteiger partial charge in [-0.2, -0.15) is 0 Å². The highest BCUT2D eigenvalue weighted by atomic mass is 19.1. The number of anilines is 1. The van der Waals surface area contributed by atoms with Gasteiger partial charge in [0.05, 0.1) is 25.4 Å². The molecule has 0 saturated carbocycles. The number of nitrogens with zero attached hydrogens (tertiary/aromatic N) is 2. The molecule has 0 N–H and O–H groups in total. The van der Waals surface area contributed by atoms with Crippen LogP contribution in [0.1, 0.15) is 29.3 Å². The van der Waals surface area contributed by atoms with Gasteiger partial charge in [0.1, 0.15) is 41.1 Å². The molecule has 0 bridgehead atoms. The Morgan fingerprint density at radius 3 is 2.14 bits per heavy atom. The minimum absolute atomic E-state index is 0.0168. The molecule has 5 rings (SSSR count). The van der Waals surface area contributed by atoms with E-state index in [4.69, 9.17) is 14.2 Å². The molecule has 220 valence electrons. The fourth-order valence-electron chi connectivity index (χ4n) is 4.85. The molecule has 0 aliphatic heterocycles. The van der Waals surface area contributed by atoms with Gasteiger partial charge in [0.2, 0.25) is 5.43 Å². The van der Waals surface area contributed by atoms with E-state index in [-0.39, 0.29) is 23.2 Å². The Labute approximate surface area is 247 Å². The molecule has 0 fully saturated rings. The number of benzene rings is 4. The first kappa shape index (κ1) is 29.3. The lowest BCUT2D eigenvalue weighted by Crippen LogP contribution is -2.35. The van der Waals surface area contributed by atoms with Crippen molar-refractivity contribution in [1.29, 1.82) is 0 Å². The van der Waals surface area contributed by atoms with E-state index in [1.54, 1.807) is 41.0 Å². The average molecular weight is 585 g/mol. The van der Waals surface area contributed by atoms with Gasteiger partial charge in [-0.15, -0.1) is 0 Å². The monoisotopic (exact) mass is 584 g/mol. The molecule has 43 heavy (non-hydrogen) atoms. The summed E-state index contributed by atoms with van der Waals surface area (Å²) in [5.74, 6) is -0.840. The Morgan fingerprint density at radius 1 is 0.837 bits per heavy atom.